The van der Waals surface area contributed by atoms with Crippen molar-refractivity contribution in [2.75, 3.05) is 38.0 Å². The number of aryl methyl sites for hydroxylation is 1. The normalized spacial score (nSPS) is 11.2. The first-order valence-electron chi connectivity index (χ1n) is 10.1. The lowest BCUT2D eigenvalue weighted by Gasteiger charge is -2.24. The zero-order valence-corrected chi connectivity index (χ0v) is 18.0. The Morgan fingerprint density at radius 2 is 1.64 bits per heavy atom. The Morgan fingerprint density at radius 3 is 2.29 bits per heavy atom. The number of benzene rings is 2. The molecular formula is C23H32ClN3O. The van der Waals surface area contributed by atoms with E-state index in [1.807, 2.05) is 37.3 Å². The Balaban J connectivity index is 2.00. The summed E-state index contributed by atoms with van der Waals surface area (Å²) in [5.74, 6) is -0.0324. The van der Waals surface area contributed by atoms with Gasteiger partial charge in [-0.15, -0.1) is 0 Å². The molecule has 0 saturated carbocycles. The van der Waals surface area contributed by atoms with Crippen LogP contribution in [0.25, 0.3) is 0 Å². The lowest BCUT2D eigenvalue weighted by Crippen LogP contribution is -2.35. The molecular weight excluding hydrogens is 370 g/mol. The molecule has 0 radical (unpaired) electrons. The van der Waals surface area contributed by atoms with E-state index >= 15 is 0 Å². The summed E-state index contributed by atoms with van der Waals surface area (Å²) in [5, 5.41) is 3.57. The van der Waals surface area contributed by atoms with Crippen LogP contribution >= 0.6 is 11.6 Å². The molecule has 0 spiro atoms. The second-order valence-electron chi connectivity index (χ2n) is 7.06. The van der Waals surface area contributed by atoms with Crippen molar-refractivity contribution in [3.8, 4) is 0 Å². The Labute approximate surface area is 174 Å². The van der Waals surface area contributed by atoms with Crippen molar-refractivity contribution in [1.29, 1.82) is 0 Å². The number of carbonyl (C=O) groups is 1. The second kappa shape index (κ2) is 11.8. The number of carbonyl (C=O) groups excluding carboxylic acids is 1. The molecule has 0 aliphatic heterocycles. The lowest BCUT2D eigenvalue weighted by molar-refractivity contribution is -0.117. The van der Waals surface area contributed by atoms with Crippen LogP contribution in [0.5, 0.6) is 0 Å². The van der Waals surface area contributed by atoms with E-state index < -0.39 is 0 Å². The Bertz CT molecular complexity index is 712. The van der Waals surface area contributed by atoms with Crippen LogP contribution in [0.15, 0.2) is 48.5 Å². The summed E-state index contributed by atoms with van der Waals surface area (Å²) in [5.41, 5.74) is 2.89. The molecule has 0 aromatic heterocycles. The van der Waals surface area contributed by atoms with Gasteiger partial charge in [0.15, 0.2) is 0 Å². The molecule has 0 saturated heterocycles. The van der Waals surface area contributed by atoms with Crippen molar-refractivity contribution in [2.24, 2.45) is 0 Å². The fourth-order valence-corrected chi connectivity index (χ4v) is 3.55. The molecule has 0 unspecified atom stereocenters. The number of rotatable bonds is 11. The third-order valence-electron chi connectivity index (χ3n) is 4.95. The van der Waals surface area contributed by atoms with Gasteiger partial charge in [0.25, 0.3) is 0 Å². The van der Waals surface area contributed by atoms with E-state index in [1.165, 1.54) is 5.56 Å². The molecule has 0 aliphatic rings. The van der Waals surface area contributed by atoms with Gasteiger partial charge in [-0.3, -0.25) is 9.69 Å². The monoisotopic (exact) mass is 401 g/mol. The third kappa shape index (κ3) is 7.27. The number of halogens is 1. The minimum atomic E-state index is -0.0324. The van der Waals surface area contributed by atoms with E-state index in [-0.39, 0.29) is 5.91 Å². The largest absolute Gasteiger partial charge is 0.323 e. The van der Waals surface area contributed by atoms with Crippen LogP contribution in [-0.4, -0.2) is 48.4 Å². The zero-order valence-electron chi connectivity index (χ0n) is 17.2. The van der Waals surface area contributed by atoms with Gasteiger partial charge in [-0.2, -0.15) is 0 Å². The third-order valence-corrected chi connectivity index (χ3v) is 5.26. The van der Waals surface area contributed by atoms with Crippen LogP contribution < -0.4 is 5.32 Å². The molecule has 4 nitrogen and oxygen atoms in total. The van der Waals surface area contributed by atoms with Crippen molar-refractivity contribution in [2.45, 2.75) is 33.7 Å². The predicted octanol–water partition coefficient (Wildman–Crippen LogP) is 4.82. The zero-order chi connectivity index (χ0) is 20.4. The van der Waals surface area contributed by atoms with Crippen molar-refractivity contribution in [3.05, 3.63) is 64.7 Å². The van der Waals surface area contributed by atoms with E-state index in [0.717, 1.165) is 44.7 Å². The minimum Gasteiger partial charge on any atom is -0.323 e. The van der Waals surface area contributed by atoms with E-state index in [9.17, 15) is 4.79 Å². The minimum absolute atomic E-state index is 0.0324. The van der Waals surface area contributed by atoms with Gasteiger partial charge in [0.05, 0.1) is 17.3 Å². The van der Waals surface area contributed by atoms with Gasteiger partial charge in [-0.25, -0.2) is 0 Å². The SMILES string of the molecule is CCN(CC)CCCN(CC(=O)Nc1c(C)cccc1Cl)Cc1ccccc1. The highest BCUT2D eigenvalue weighted by Gasteiger charge is 2.14. The molecule has 0 heterocycles. The highest BCUT2D eigenvalue weighted by molar-refractivity contribution is 6.33. The van der Waals surface area contributed by atoms with Gasteiger partial charge >= 0.3 is 0 Å². The van der Waals surface area contributed by atoms with Crippen LogP contribution in [0.1, 0.15) is 31.4 Å². The molecule has 2 aromatic rings. The van der Waals surface area contributed by atoms with Crippen molar-refractivity contribution >= 4 is 23.2 Å². The summed E-state index contributed by atoms with van der Waals surface area (Å²) < 4.78 is 0. The van der Waals surface area contributed by atoms with Gasteiger partial charge in [0.2, 0.25) is 5.91 Å². The summed E-state index contributed by atoms with van der Waals surface area (Å²) in [7, 11) is 0. The summed E-state index contributed by atoms with van der Waals surface area (Å²) >= 11 is 6.26. The average Bonchev–Trinajstić information content (AvgIpc) is 2.69. The van der Waals surface area contributed by atoms with E-state index in [0.29, 0.717) is 17.3 Å². The lowest BCUT2D eigenvalue weighted by atomic mass is 10.2. The summed E-state index contributed by atoms with van der Waals surface area (Å²) in [6.45, 7) is 11.5. The maximum absolute atomic E-state index is 12.7. The fraction of sp³-hybridized carbons (Fsp3) is 0.435. The molecule has 0 fully saturated rings. The molecule has 152 valence electrons. The van der Waals surface area contributed by atoms with Crippen LogP contribution in [0.3, 0.4) is 0 Å². The Kier molecular flexibility index (Phi) is 9.48. The molecule has 1 amide bonds. The molecule has 1 N–H and O–H groups in total. The molecule has 5 heteroatoms. The average molecular weight is 402 g/mol. The number of amides is 1. The van der Waals surface area contributed by atoms with Crippen molar-refractivity contribution < 1.29 is 4.79 Å². The highest BCUT2D eigenvalue weighted by atomic mass is 35.5. The highest BCUT2D eigenvalue weighted by Crippen LogP contribution is 2.25. The van der Waals surface area contributed by atoms with Crippen molar-refractivity contribution in [3.63, 3.8) is 0 Å². The van der Waals surface area contributed by atoms with Crippen LogP contribution in [-0.2, 0) is 11.3 Å². The summed E-state index contributed by atoms with van der Waals surface area (Å²) in [4.78, 5) is 17.3. The van der Waals surface area contributed by atoms with Gasteiger partial charge in [0.1, 0.15) is 0 Å². The van der Waals surface area contributed by atoms with Gasteiger partial charge in [0, 0.05) is 13.1 Å². The molecule has 2 aromatic carbocycles. The van der Waals surface area contributed by atoms with Crippen molar-refractivity contribution in [1.82, 2.24) is 9.80 Å². The van der Waals surface area contributed by atoms with E-state index in [4.69, 9.17) is 11.6 Å². The van der Waals surface area contributed by atoms with Crippen LogP contribution in [0.4, 0.5) is 5.69 Å². The topological polar surface area (TPSA) is 35.6 Å². The number of para-hydroxylation sites is 1. The smallest absolute Gasteiger partial charge is 0.238 e. The van der Waals surface area contributed by atoms with Gasteiger partial charge in [-0.1, -0.05) is 67.9 Å². The number of nitrogens with one attached hydrogen (secondary N) is 1. The Hall–Kier alpha value is -1.88. The second-order valence-corrected chi connectivity index (χ2v) is 7.46. The molecule has 0 bridgehead atoms. The standard InChI is InChI=1S/C23H32ClN3O/c1-4-26(5-2)15-10-16-27(17-20-12-7-6-8-13-20)18-22(28)25-23-19(3)11-9-14-21(23)24/h6-9,11-14H,4-5,10,15-18H2,1-3H3,(H,25,28). The number of nitrogens with zero attached hydrogens (tertiary/aromatic N) is 2. The van der Waals surface area contributed by atoms with E-state index in [1.54, 1.807) is 6.07 Å². The molecule has 28 heavy (non-hydrogen) atoms. The first-order chi connectivity index (χ1) is 13.5. The number of anilines is 1. The number of hydrogen-bond acceptors (Lipinski definition) is 3. The predicted molar refractivity (Wildman–Crippen MR) is 119 cm³/mol. The molecule has 2 rings (SSSR count). The quantitative estimate of drug-likeness (QED) is 0.586. The summed E-state index contributed by atoms with van der Waals surface area (Å²) in [6.07, 6.45) is 1.03. The van der Waals surface area contributed by atoms with Gasteiger partial charge < -0.3 is 10.2 Å². The maximum atomic E-state index is 12.7. The van der Waals surface area contributed by atoms with Crippen LogP contribution in [0, 0.1) is 6.92 Å². The van der Waals surface area contributed by atoms with Crippen LogP contribution in [0.2, 0.25) is 5.02 Å². The Morgan fingerprint density at radius 1 is 0.964 bits per heavy atom. The molecule has 0 aliphatic carbocycles. The number of hydrogen-bond donors (Lipinski definition) is 1. The fourth-order valence-electron chi connectivity index (χ4n) is 3.29. The first kappa shape index (κ1) is 22.4. The molecule has 0 atom stereocenters. The maximum Gasteiger partial charge on any atom is 0.238 e. The summed E-state index contributed by atoms with van der Waals surface area (Å²) in [6, 6.07) is 15.9. The van der Waals surface area contributed by atoms with E-state index in [2.05, 4.69) is 41.1 Å². The first-order valence-corrected chi connectivity index (χ1v) is 10.4. The van der Waals surface area contributed by atoms with Gasteiger partial charge in [-0.05, 0) is 50.2 Å².